The Kier molecular flexibility index (Phi) is 12.5. The number of nitrogens with one attached hydrogen (secondary N) is 4. The minimum absolute atomic E-state index is 0.346. The second-order valence-corrected chi connectivity index (χ2v) is 6.88. The average Bonchev–Trinajstić information content (AvgIpc) is 2.69. The van der Waals surface area contributed by atoms with Gasteiger partial charge < -0.3 is 47.4 Å². The minimum atomic E-state index is -1.61. The SMILES string of the molecule is C[C@@H](O)[C@H](N)C(=O)NCC(=O)N[C@@H](CCC(=O)O)C(=O)NCC(=O)N[C@H](C(=O)O)[C@@H](C)O. The van der Waals surface area contributed by atoms with E-state index in [1.807, 2.05) is 5.32 Å². The number of carbonyl (C=O) groups excluding carboxylic acids is 4. The molecule has 0 radical (unpaired) electrons. The van der Waals surface area contributed by atoms with Crippen molar-refractivity contribution in [1.82, 2.24) is 21.3 Å². The predicted molar refractivity (Wildman–Crippen MR) is 106 cm³/mol. The number of hydrogen-bond acceptors (Lipinski definition) is 9. The van der Waals surface area contributed by atoms with Crippen LogP contribution in [0.3, 0.4) is 0 Å². The number of aliphatic hydroxyl groups excluding tert-OH is 2. The highest BCUT2D eigenvalue weighted by Gasteiger charge is 2.27. The molecule has 10 N–H and O–H groups in total. The lowest BCUT2D eigenvalue weighted by Gasteiger charge is -2.20. The van der Waals surface area contributed by atoms with Gasteiger partial charge >= 0.3 is 11.9 Å². The molecule has 0 aromatic carbocycles. The van der Waals surface area contributed by atoms with Crippen LogP contribution in [0.1, 0.15) is 26.7 Å². The van der Waals surface area contributed by atoms with Crippen LogP contribution in [-0.4, -0.2) is 99.4 Å². The standard InChI is InChI=1S/C17H29N5O10/c1-7(23)13(18)16(30)20-5-10(25)21-9(3-4-12(27)28)15(29)19-6-11(26)22-14(8(2)24)17(31)32/h7-9,13-14,23-24H,3-6,18H2,1-2H3,(H,19,29)(H,20,30)(H,21,25)(H,22,26)(H,27,28)(H,31,32)/t7-,8-,9+,13+,14+/m1/s1. The topological polar surface area (TPSA) is 257 Å². The number of nitrogens with two attached hydrogens (primary N) is 1. The predicted octanol–water partition coefficient (Wildman–Crippen LogP) is -4.77. The van der Waals surface area contributed by atoms with Gasteiger partial charge in [-0.25, -0.2) is 4.79 Å². The highest BCUT2D eigenvalue weighted by Crippen LogP contribution is 1.99. The van der Waals surface area contributed by atoms with Crippen LogP contribution in [-0.2, 0) is 28.8 Å². The Morgan fingerprint density at radius 2 is 1.31 bits per heavy atom. The van der Waals surface area contributed by atoms with E-state index < -0.39 is 85.4 Å². The van der Waals surface area contributed by atoms with Gasteiger partial charge in [0, 0.05) is 6.42 Å². The van der Waals surface area contributed by atoms with Gasteiger partial charge in [-0.05, 0) is 20.3 Å². The second-order valence-electron chi connectivity index (χ2n) is 6.88. The first kappa shape index (κ1) is 28.7. The van der Waals surface area contributed by atoms with Crippen molar-refractivity contribution in [3.05, 3.63) is 0 Å². The molecule has 0 rings (SSSR count). The summed E-state index contributed by atoms with van der Waals surface area (Å²) in [6.45, 7) is 1.08. The molecule has 0 aliphatic carbocycles. The van der Waals surface area contributed by atoms with Crippen molar-refractivity contribution in [3.8, 4) is 0 Å². The Morgan fingerprint density at radius 1 is 0.812 bits per heavy atom. The van der Waals surface area contributed by atoms with Crippen molar-refractivity contribution in [2.45, 2.75) is 57.0 Å². The highest BCUT2D eigenvalue weighted by molar-refractivity contribution is 5.93. The first-order chi connectivity index (χ1) is 14.8. The summed E-state index contributed by atoms with van der Waals surface area (Å²) < 4.78 is 0. The molecule has 4 amide bonds. The van der Waals surface area contributed by atoms with Crippen molar-refractivity contribution in [1.29, 1.82) is 0 Å². The summed E-state index contributed by atoms with van der Waals surface area (Å²) in [5.41, 5.74) is 5.40. The van der Waals surface area contributed by atoms with E-state index in [2.05, 4.69) is 16.0 Å². The molecule has 0 saturated carbocycles. The van der Waals surface area contributed by atoms with Crippen LogP contribution < -0.4 is 27.0 Å². The third-order valence-corrected chi connectivity index (χ3v) is 4.03. The van der Waals surface area contributed by atoms with Gasteiger partial charge in [0.15, 0.2) is 6.04 Å². The fraction of sp³-hybridized carbons (Fsp3) is 0.647. The van der Waals surface area contributed by atoms with Crippen LogP contribution in [0, 0.1) is 0 Å². The lowest BCUT2D eigenvalue weighted by molar-refractivity contribution is -0.144. The molecule has 0 bridgehead atoms. The molecular formula is C17H29N5O10. The summed E-state index contributed by atoms with van der Waals surface area (Å²) in [5.74, 6) is -6.34. The Labute approximate surface area is 182 Å². The molecule has 0 aliphatic heterocycles. The van der Waals surface area contributed by atoms with Gasteiger partial charge in [-0.15, -0.1) is 0 Å². The molecule has 0 unspecified atom stereocenters. The quantitative estimate of drug-likeness (QED) is 0.118. The van der Waals surface area contributed by atoms with E-state index in [1.165, 1.54) is 6.92 Å². The van der Waals surface area contributed by atoms with Crippen LogP contribution in [0.5, 0.6) is 0 Å². The van der Waals surface area contributed by atoms with Gasteiger partial charge in [-0.3, -0.25) is 24.0 Å². The Morgan fingerprint density at radius 3 is 1.75 bits per heavy atom. The second kappa shape index (κ2) is 13.9. The zero-order chi connectivity index (χ0) is 25.0. The molecule has 15 nitrogen and oxygen atoms in total. The molecule has 0 aliphatic rings. The minimum Gasteiger partial charge on any atom is -0.481 e. The molecule has 0 heterocycles. The lowest BCUT2D eigenvalue weighted by atomic mass is 10.1. The van der Waals surface area contributed by atoms with Crippen LogP contribution in [0.25, 0.3) is 0 Å². The first-order valence-electron chi connectivity index (χ1n) is 9.46. The Bertz CT molecular complexity index is 712. The van der Waals surface area contributed by atoms with Gasteiger partial charge in [0.2, 0.25) is 23.6 Å². The third kappa shape index (κ3) is 11.2. The normalized spacial score (nSPS) is 15.3. The summed E-state index contributed by atoms with van der Waals surface area (Å²) in [6.07, 6.45) is -3.44. The Balaban J connectivity index is 4.88. The van der Waals surface area contributed by atoms with Gasteiger partial charge in [-0.2, -0.15) is 0 Å². The summed E-state index contributed by atoms with van der Waals surface area (Å²) >= 11 is 0. The largest absolute Gasteiger partial charge is 0.481 e. The van der Waals surface area contributed by atoms with Crippen molar-refractivity contribution in [2.75, 3.05) is 13.1 Å². The van der Waals surface area contributed by atoms with E-state index >= 15 is 0 Å². The van der Waals surface area contributed by atoms with Crippen LogP contribution in [0.4, 0.5) is 0 Å². The van der Waals surface area contributed by atoms with Crippen LogP contribution >= 0.6 is 0 Å². The highest BCUT2D eigenvalue weighted by atomic mass is 16.4. The molecule has 0 aromatic heterocycles. The maximum Gasteiger partial charge on any atom is 0.328 e. The van der Waals surface area contributed by atoms with Gasteiger partial charge in [0.25, 0.3) is 0 Å². The summed E-state index contributed by atoms with van der Waals surface area (Å²) in [6, 6.07) is -4.29. The molecule has 5 atom stereocenters. The Hall–Kier alpha value is -3.30. The smallest absolute Gasteiger partial charge is 0.328 e. The van der Waals surface area contributed by atoms with Gasteiger partial charge in [0.1, 0.15) is 12.1 Å². The monoisotopic (exact) mass is 463 g/mol. The van der Waals surface area contributed by atoms with E-state index in [1.54, 1.807) is 0 Å². The van der Waals surface area contributed by atoms with E-state index in [4.69, 9.17) is 15.9 Å². The molecule has 0 spiro atoms. The molecule has 0 saturated heterocycles. The fourth-order valence-corrected chi connectivity index (χ4v) is 2.19. The number of carboxylic acids is 2. The fourth-order valence-electron chi connectivity index (χ4n) is 2.19. The van der Waals surface area contributed by atoms with Crippen molar-refractivity contribution >= 4 is 35.6 Å². The number of carbonyl (C=O) groups is 6. The lowest BCUT2D eigenvalue weighted by Crippen LogP contribution is -2.54. The number of rotatable bonds is 14. The summed E-state index contributed by atoms with van der Waals surface area (Å²) in [7, 11) is 0. The number of aliphatic carboxylic acids is 2. The maximum absolute atomic E-state index is 12.3. The van der Waals surface area contributed by atoms with Crippen molar-refractivity contribution in [2.24, 2.45) is 5.73 Å². The van der Waals surface area contributed by atoms with Crippen LogP contribution in [0.2, 0.25) is 0 Å². The number of aliphatic hydroxyl groups is 2. The molecule has 0 aromatic rings. The average molecular weight is 463 g/mol. The zero-order valence-corrected chi connectivity index (χ0v) is 17.5. The van der Waals surface area contributed by atoms with E-state index in [0.717, 1.165) is 6.92 Å². The molecule has 15 heteroatoms. The van der Waals surface area contributed by atoms with Crippen molar-refractivity contribution in [3.63, 3.8) is 0 Å². The van der Waals surface area contributed by atoms with Gasteiger partial charge in [0.05, 0.1) is 25.3 Å². The molecular weight excluding hydrogens is 434 g/mol. The first-order valence-corrected chi connectivity index (χ1v) is 9.46. The van der Waals surface area contributed by atoms with Gasteiger partial charge in [-0.1, -0.05) is 0 Å². The molecule has 32 heavy (non-hydrogen) atoms. The summed E-state index contributed by atoms with van der Waals surface area (Å²) in [5, 5.41) is 44.7. The molecule has 0 fully saturated rings. The van der Waals surface area contributed by atoms with E-state index in [9.17, 15) is 39.0 Å². The van der Waals surface area contributed by atoms with Crippen molar-refractivity contribution < 1.29 is 49.2 Å². The van der Waals surface area contributed by atoms with Crippen LogP contribution in [0.15, 0.2) is 0 Å². The summed E-state index contributed by atoms with van der Waals surface area (Å²) in [4.78, 5) is 69.5. The number of carboxylic acid groups (broad SMARTS) is 2. The zero-order valence-electron chi connectivity index (χ0n) is 17.5. The molecule has 182 valence electrons. The number of amides is 4. The number of hydrogen-bond donors (Lipinski definition) is 9. The third-order valence-electron chi connectivity index (χ3n) is 4.03. The van der Waals surface area contributed by atoms with E-state index in [0.29, 0.717) is 0 Å². The maximum atomic E-state index is 12.3. The van der Waals surface area contributed by atoms with E-state index in [-0.39, 0.29) is 6.42 Å².